The highest BCUT2D eigenvalue weighted by atomic mass is 32.2. The third-order valence-corrected chi connectivity index (χ3v) is 6.70. The van der Waals surface area contributed by atoms with Gasteiger partial charge in [-0.25, -0.2) is 4.79 Å². The molecule has 30 heavy (non-hydrogen) atoms. The van der Waals surface area contributed by atoms with Gasteiger partial charge in [0, 0.05) is 21.6 Å². The summed E-state index contributed by atoms with van der Waals surface area (Å²) in [6.07, 6.45) is 0. The lowest BCUT2D eigenvalue weighted by molar-refractivity contribution is 0.0696. The van der Waals surface area contributed by atoms with Crippen molar-refractivity contribution in [1.29, 1.82) is 0 Å². The molecular weight excluding hydrogens is 398 g/mol. The number of anilines is 1. The number of hydrogen-bond donors (Lipinski definition) is 2. The first kappa shape index (κ1) is 18.5. The summed E-state index contributed by atoms with van der Waals surface area (Å²) < 4.78 is 5.40. The van der Waals surface area contributed by atoms with Crippen LogP contribution in [0.15, 0.2) is 77.2 Å². The van der Waals surface area contributed by atoms with Gasteiger partial charge in [-0.1, -0.05) is 24.3 Å². The molecule has 1 unspecified atom stereocenters. The van der Waals surface area contributed by atoms with Gasteiger partial charge in [0.1, 0.15) is 5.75 Å². The highest BCUT2D eigenvalue weighted by Crippen LogP contribution is 2.52. The average Bonchev–Trinajstić information content (AvgIpc) is 2.93. The van der Waals surface area contributed by atoms with E-state index in [4.69, 9.17) is 4.74 Å². The lowest BCUT2D eigenvalue weighted by Crippen LogP contribution is -2.07. The predicted octanol–water partition coefficient (Wildman–Crippen LogP) is 5.26. The Hall–Kier alpha value is -3.51. The Kier molecular flexibility index (Phi) is 4.37. The smallest absolute Gasteiger partial charge is 0.335 e. The second-order valence-corrected chi connectivity index (χ2v) is 8.23. The van der Waals surface area contributed by atoms with Crippen LogP contribution in [0, 0.1) is 0 Å². The second-order valence-electron chi connectivity index (χ2n) is 7.08. The van der Waals surface area contributed by atoms with Crippen molar-refractivity contribution in [1.82, 2.24) is 0 Å². The van der Waals surface area contributed by atoms with Gasteiger partial charge in [0.25, 0.3) is 0 Å². The van der Waals surface area contributed by atoms with Crippen LogP contribution in [-0.2, 0) is 0 Å². The first-order valence-electron chi connectivity index (χ1n) is 9.40. The fourth-order valence-corrected chi connectivity index (χ4v) is 5.19. The van der Waals surface area contributed by atoms with E-state index in [9.17, 15) is 14.7 Å². The van der Waals surface area contributed by atoms with Crippen molar-refractivity contribution in [3.8, 4) is 5.75 Å². The summed E-state index contributed by atoms with van der Waals surface area (Å²) >= 11 is 1.60. The number of carbonyl (C=O) groups excluding carboxylic acids is 1. The zero-order valence-electron chi connectivity index (χ0n) is 16.0. The van der Waals surface area contributed by atoms with E-state index in [2.05, 4.69) is 5.32 Å². The molecule has 0 spiro atoms. The predicted molar refractivity (Wildman–Crippen MR) is 116 cm³/mol. The minimum Gasteiger partial charge on any atom is -0.497 e. The number of nitrogens with one attached hydrogen (secondary N) is 1. The topological polar surface area (TPSA) is 75.6 Å². The maximum atomic E-state index is 13.5. The van der Waals surface area contributed by atoms with Crippen molar-refractivity contribution in [2.45, 2.75) is 10.1 Å². The fraction of sp³-hybridized carbons (Fsp3) is 0.0833. The van der Waals surface area contributed by atoms with Gasteiger partial charge in [-0.2, -0.15) is 0 Å². The fourth-order valence-electron chi connectivity index (χ4n) is 3.90. The Labute approximate surface area is 177 Å². The molecule has 2 aliphatic rings. The third kappa shape index (κ3) is 2.88. The van der Waals surface area contributed by atoms with Gasteiger partial charge in [0.05, 0.1) is 29.3 Å². The van der Waals surface area contributed by atoms with Gasteiger partial charge in [-0.15, -0.1) is 11.8 Å². The number of benzene rings is 3. The van der Waals surface area contributed by atoms with E-state index < -0.39 is 5.97 Å². The van der Waals surface area contributed by atoms with Crippen LogP contribution in [0.5, 0.6) is 5.75 Å². The monoisotopic (exact) mass is 415 g/mol. The molecule has 0 aromatic heterocycles. The number of hydrogen-bond acceptors (Lipinski definition) is 5. The maximum Gasteiger partial charge on any atom is 0.335 e. The van der Waals surface area contributed by atoms with Crippen molar-refractivity contribution < 1.29 is 19.4 Å². The van der Waals surface area contributed by atoms with Gasteiger partial charge >= 0.3 is 5.97 Å². The van der Waals surface area contributed by atoms with Crippen LogP contribution in [0.4, 0.5) is 5.69 Å². The highest BCUT2D eigenvalue weighted by Gasteiger charge is 2.38. The Morgan fingerprint density at radius 3 is 2.67 bits per heavy atom. The van der Waals surface area contributed by atoms with E-state index in [1.807, 2.05) is 48.5 Å². The van der Waals surface area contributed by atoms with Gasteiger partial charge in [0.15, 0.2) is 5.78 Å². The number of carbonyl (C=O) groups is 2. The molecule has 3 aromatic rings. The van der Waals surface area contributed by atoms with Crippen LogP contribution in [0.1, 0.15) is 37.1 Å². The first-order valence-corrected chi connectivity index (χ1v) is 10.3. The molecule has 0 fully saturated rings. The molecule has 0 saturated carbocycles. The van der Waals surface area contributed by atoms with Crippen molar-refractivity contribution >= 4 is 34.9 Å². The van der Waals surface area contributed by atoms with E-state index in [0.29, 0.717) is 22.4 Å². The molecule has 1 aliphatic heterocycles. The number of carboxylic acids is 1. The van der Waals surface area contributed by atoms with E-state index in [0.717, 1.165) is 21.9 Å². The van der Waals surface area contributed by atoms with Gasteiger partial charge in [0.2, 0.25) is 0 Å². The lowest BCUT2D eigenvalue weighted by atomic mass is 10.0. The number of thioether (sulfide) groups is 1. The second kappa shape index (κ2) is 7.07. The lowest BCUT2D eigenvalue weighted by Gasteiger charge is -2.18. The van der Waals surface area contributed by atoms with Gasteiger partial charge in [-0.3, -0.25) is 4.79 Å². The molecule has 1 atom stereocenters. The van der Waals surface area contributed by atoms with Crippen LogP contribution in [-0.4, -0.2) is 24.0 Å². The molecule has 3 aromatic carbocycles. The number of para-hydroxylation sites is 1. The number of aromatic carboxylic acids is 1. The van der Waals surface area contributed by atoms with Gasteiger partial charge in [-0.05, 0) is 48.0 Å². The zero-order valence-corrected chi connectivity index (χ0v) is 16.8. The Morgan fingerprint density at radius 2 is 1.87 bits per heavy atom. The summed E-state index contributed by atoms with van der Waals surface area (Å²) in [6, 6.07) is 20.2. The number of methoxy groups -OCH3 is 1. The van der Waals surface area contributed by atoms with E-state index >= 15 is 0 Å². The number of ketones is 1. The van der Waals surface area contributed by atoms with Crippen molar-refractivity contribution in [3.05, 3.63) is 94.6 Å². The quantitative estimate of drug-likeness (QED) is 0.608. The van der Waals surface area contributed by atoms with E-state index in [-0.39, 0.29) is 16.6 Å². The molecule has 5 rings (SSSR count). The summed E-state index contributed by atoms with van der Waals surface area (Å²) in [5, 5.41) is 12.6. The maximum absolute atomic E-state index is 13.5. The van der Waals surface area contributed by atoms with Crippen LogP contribution in [0.25, 0.3) is 5.70 Å². The summed E-state index contributed by atoms with van der Waals surface area (Å²) in [5.41, 5.74) is 4.43. The summed E-state index contributed by atoms with van der Waals surface area (Å²) in [4.78, 5) is 26.0. The molecule has 5 nitrogen and oxygen atoms in total. The third-order valence-electron chi connectivity index (χ3n) is 5.34. The number of rotatable bonds is 3. The minimum absolute atomic E-state index is 0.0856. The molecule has 2 N–H and O–H groups in total. The molecule has 0 bridgehead atoms. The Balaban J connectivity index is 1.74. The molecular formula is C24H17NO4S. The van der Waals surface area contributed by atoms with Crippen LogP contribution >= 0.6 is 11.8 Å². The van der Waals surface area contributed by atoms with Crippen molar-refractivity contribution in [2.24, 2.45) is 0 Å². The number of fused-ring (bicyclic) bond motifs is 3. The van der Waals surface area contributed by atoms with Crippen molar-refractivity contribution in [3.63, 3.8) is 0 Å². The van der Waals surface area contributed by atoms with Crippen LogP contribution in [0.3, 0.4) is 0 Å². The molecule has 6 heteroatoms. The van der Waals surface area contributed by atoms with E-state index in [1.54, 1.807) is 31.0 Å². The molecule has 148 valence electrons. The number of ether oxygens (including phenoxy) is 1. The van der Waals surface area contributed by atoms with Crippen LogP contribution < -0.4 is 10.1 Å². The molecule has 0 amide bonds. The molecule has 1 aliphatic carbocycles. The van der Waals surface area contributed by atoms with Crippen molar-refractivity contribution in [2.75, 3.05) is 12.4 Å². The highest BCUT2D eigenvalue weighted by molar-refractivity contribution is 8.00. The van der Waals surface area contributed by atoms with Gasteiger partial charge < -0.3 is 15.2 Å². The number of Topliss-reactive ketones (excluding diaryl/α,β-unsaturated/α-hetero) is 1. The summed E-state index contributed by atoms with van der Waals surface area (Å²) in [7, 11) is 1.62. The molecule has 0 radical (unpaired) electrons. The minimum atomic E-state index is -1.02. The summed E-state index contributed by atoms with van der Waals surface area (Å²) in [5.74, 6) is -0.388. The normalized spacial score (nSPS) is 16.8. The zero-order chi connectivity index (χ0) is 20.8. The SMILES string of the molecule is COc1cccc(C2Sc3ccccc3NC3=C2C(=O)c2ccc(C(=O)O)cc23)c1. The average molecular weight is 415 g/mol. The summed E-state index contributed by atoms with van der Waals surface area (Å²) in [6.45, 7) is 0. The van der Waals surface area contributed by atoms with E-state index in [1.165, 1.54) is 6.07 Å². The largest absolute Gasteiger partial charge is 0.497 e. The molecule has 1 heterocycles. The number of carboxylic acid groups (broad SMARTS) is 1. The standard InChI is InChI=1S/C24H17NO4S/c1-29-15-6-4-5-13(11-15)23-20-21(25-18-7-2-3-8-19(18)30-23)17-12-14(24(27)28)9-10-16(17)22(20)26/h2-12,23,25H,1H3,(H,27,28). The first-order chi connectivity index (χ1) is 14.6. The Morgan fingerprint density at radius 1 is 1.03 bits per heavy atom. The molecule has 0 saturated heterocycles. The Bertz CT molecular complexity index is 1250. The van der Waals surface area contributed by atoms with Crippen LogP contribution in [0.2, 0.25) is 0 Å².